The van der Waals surface area contributed by atoms with Crippen molar-refractivity contribution in [2.24, 2.45) is 0 Å². The Morgan fingerprint density at radius 3 is 2.83 bits per heavy atom. The zero-order valence-electron chi connectivity index (χ0n) is 12.9. The van der Waals surface area contributed by atoms with Gasteiger partial charge in [-0.3, -0.25) is 9.69 Å². The molecule has 1 aromatic heterocycles. The zero-order chi connectivity index (χ0) is 16.2. The van der Waals surface area contributed by atoms with Gasteiger partial charge in [-0.1, -0.05) is 47.6 Å². The van der Waals surface area contributed by atoms with Crippen LogP contribution in [0.5, 0.6) is 0 Å². The predicted molar refractivity (Wildman–Crippen MR) is 84.6 cm³/mol. The molecule has 23 heavy (non-hydrogen) atoms. The van der Waals surface area contributed by atoms with Crippen LogP contribution in [0.4, 0.5) is 0 Å². The molecule has 1 N–H and O–H groups in total. The lowest BCUT2D eigenvalue weighted by molar-refractivity contribution is -0.141. The fraction of sp³-hybridized carbons (Fsp3) is 0.353. The summed E-state index contributed by atoms with van der Waals surface area (Å²) >= 11 is 0. The molecule has 0 amide bonds. The van der Waals surface area contributed by atoms with Crippen molar-refractivity contribution >= 4 is 12.0 Å². The van der Waals surface area contributed by atoms with Crippen molar-refractivity contribution in [2.45, 2.75) is 31.3 Å². The Labute approximate surface area is 134 Å². The van der Waals surface area contributed by atoms with Gasteiger partial charge in [0.25, 0.3) is 0 Å². The maximum atomic E-state index is 11.5. The number of likely N-dealkylation sites (N-methyl/N-ethyl adjacent to an activating group) is 1. The second-order valence-corrected chi connectivity index (χ2v) is 5.79. The first-order valence-electron chi connectivity index (χ1n) is 7.62. The molecule has 1 aromatic carbocycles. The van der Waals surface area contributed by atoms with Crippen LogP contribution in [0.2, 0.25) is 0 Å². The van der Waals surface area contributed by atoms with Crippen LogP contribution < -0.4 is 0 Å². The molecule has 6 nitrogen and oxygen atoms in total. The van der Waals surface area contributed by atoms with Crippen molar-refractivity contribution in [3.63, 3.8) is 0 Å². The molecule has 1 saturated carbocycles. The standard InChI is InChI=1S/C17H19N3O3/c1-20(11-15-18-16(23-19-15)13-8-9-13)14(17(21)22)10-7-12-5-3-2-4-6-12/h2-7,10,13-14H,8-9,11H2,1H3,(H,21,22)/b10-7+/t14-/m1/s1. The lowest BCUT2D eigenvalue weighted by Gasteiger charge is -2.20. The lowest BCUT2D eigenvalue weighted by atomic mass is 10.1. The molecule has 2 aromatic rings. The Morgan fingerprint density at radius 2 is 2.17 bits per heavy atom. The minimum atomic E-state index is -0.911. The highest BCUT2D eigenvalue weighted by atomic mass is 16.5. The highest BCUT2D eigenvalue weighted by Crippen LogP contribution is 2.38. The summed E-state index contributed by atoms with van der Waals surface area (Å²) in [5.41, 5.74) is 0.961. The number of carboxylic acids is 1. The zero-order valence-corrected chi connectivity index (χ0v) is 12.9. The lowest BCUT2D eigenvalue weighted by Crippen LogP contribution is -2.36. The Hall–Kier alpha value is -2.47. The van der Waals surface area contributed by atoms with E-state index in [9.17, 15) is 9.90 Å². The second-order valence-electron chi connectivity index (χ2n) is 5.79. The molecule has 3 rings (SSSR count). The van der Waals surface area contributed by atoms with Crippen LogP contribution in [-0.2, 0) is 11.3 Å². The molecule has 1 atom stereocenters. The molecule has 1 fully saturated rings. The SMILES string of the molecule is CN(Cc1noc(C2CC2)n1)[C@H](/C=C/c1ccccc1)C(=O)O. The number of hydrogen-bond donors (Lipinski definition) is 1. The van der Waals surface area contributed by atoms with E-state index in [2.05, 4.69) is 10.1 Å². The number of benzene rings is 1. The Balaban J connectivity index is 1.66. The molecule has 0 aliphatic heterocycles. The van der Waals surface area contributed by atoms with E-state index in [1.54, 1.807) is 24.1 Å². The summed E-state index contributed by atoms with van der Waals surface area (Å²) < 4.78 is 5.21. The van der Waals surface area contributed by atoms with Crippen LogP contribution >= 0.6 is 0 Å². The fourth-order valence-electron chi connectivity index (χ4n) is 2.33. The van der Waals surface area contributed by atoms with Gasteiger partial charge in [-0.2, -0.15) is 4.98 Å². The van der Waals surface area contributed by atoms with Crippen LogP contribution in [0, 0.1) is 0 Å². The van der Waals surface area contributed by atoms with Crippen molar-refractivity contribution in [1.82, 2.24) is 15.0 Å². The molecule has 0 spiro atoms. The molecule has 120 valence electrons. The van der Waals surface area contributed by atoms with Gasteiger partial charge >= 0.3 is 5.97 Å². The van der Waals surface area contributed by atoms with Gasteiger partial charge in [-0.15, -0.1) is 0 Å². The van der Waals surface area contributed by atoms with Gasteiger partial charge in [0.1, 0.15) is 6.04 Å². The van der Waals surface area contributed by atoms with E-state index in [-0.39, 0.29) is 0 Å². The van der Waals surface area contributed by atoms with Crippen LogP contribution in [0.3, 0.4) is 0 Å². The smallest absolute Gasteiger partial charge is 0.324 e. The first kappa shape index (κ1) is 15.4. The summed E-state index contributed by atoms with van der Waals surface area (Å²) in [5, 5.41) is 13.4. The average Bonchev–Trinajstić information content (AvgIpc) is 3.28. The maximum absolute atomic E-state index is 11.5. The first-order chi connectivity index (χ1) is 11.1. The summed E-state index contributed by atoms with van der Waals surface area (Å²) in [4.78, 5) is 17.5. The number of aromatic nitrogens is 2. The van der Waals surface area contributed by atoms with Gasteiger partial charge in [-0.25, -0.2) is 0 Å². The normalized spacial score (nSPS) is 16.1. The van der Waals surface area contributed by atoms with E-state index in [4.69, 9.17) is 4.52 Å². The van der Waals surface area contributed by atoms with Crippen LogP contribution in [0.25, 0.3) is 6.08 Å². The fourth-order valence-corrected chi connectivity index (χ4v) is 2.33. The summed E-state index contributed by atoms with van der Waals surface area (Å²) in [6, 6.07) is 8.85. The monoisotopic (exact) mass is 313 g/mol. The van der Waals surface area contributed by atoms with E-state index in [0.29, 0.717) is 24.2 Å². The van der Waals surface area contributed by atoms with E-state index >= 15 is 0 Å². The molecular weight excluding hydrogens is 294 g/mol. The van der Waals surface area contributed by atoms with Gasteiger partial charge < -0.3 is 9.63 Å². The summed E-state index contributed by atoms with van der Waals surface area (Å²) in [6.07, 6.45) is 5.66. The molecule has 0 unspecified atom stereocenters. The van der Waals surface area contributed by atoms with Gasteiger partial charge in [0, 0.05) is 5.92 Å². The summed E-state index contributed by atoms with van der Waals surface area (Å²) in [7, 11) is 1.74. The maximum Gasteiger partial charge on any atom is 0.324 e. The molecule has 1 aliphatic carbocycles. The molecule has 0 bridgehead atoms. The Kier molecular flexibility index (Phi) is 4.52. The number of nitrogens with zero attached hydrogens (tertiary/aromatic N) is 3. The van der Waals surface area contributed by atoms with Crippen LogP contribution in [0.1, 0.15) is 36.0 Å². The minimum absolute atomic E-state index is 0.326. The third kappa shape index (κ3) is 4.04. The topological polar surface area (TPSA) is 79.5 Å². The van der Waals surface area contributed by atoms with Gasteiger partial charge in [0.15, 0.2) is 5.82 Å². The number of rotatable bonds is 7. The van der Waals surface area contributed by atoms with Crippen molar-refractivity contribution in [2.75, 3.05) is 7.05 Å². The third-order valence-corrected chi connectivity index (χ3v) is 3.80. The van der Waals surface area contributed by atoms with E-state index in [1.807, 2.05) is 30.3 Å². The highest BCUT2D eigenvalue weighted by molar-refractivity contribution is 5.77. The Morgan fingerprint density at radius 1 is 1.43 bits per heavy atom. The van der Waals surface area contributed by atoms with Crippen molar-refractivity contribution in [3.8, 4) is 0 Å². The van der Waals surface area contributed by atoms with Crippen molar-refractivity contribution in [3.05, 3.63) is 53.7 Å². The second kappa shape index (κ2) is 6.75. The quantitative estimate of drug-likeness (QED) is 0.846. The minimum Gasteiger partial charge on any atom is -0.480 e. The summed E-state index contributed by atoms with van der Waals surface area (Å²) in [5.74, 6) is 0.675. The third-order valence-electron chi connectivity index (χ3n) is 3.80. The number of carbonyl (C=O) groups is 1. The molecule has 0 saturated heterocycles. The number of aliphatic carboxylic acids is 1. The van der Waals surface area contributed by atoms with Gasteiger partial charge in [0.2, 0.25) is 5.89 Å². The molecule has 0 radical (unpaired) electrons. The van der Waals surface area contributed by atoms with Crippen molar-refractivity contribution in [1.29, 1.82) is 0 Å². The van der Waals surface area contributed by atoms with Gasteiger partial charge in [0.05, 0.1) is 6.54 Å². The highest BCUT2D eigenvalue weighted by Gasteiger charge is 2.30. The molecular formula is C17H19N3O3. The summed E-state index contributed by atoms with van der Waals surface area (Å²) in [6.45, 7) is 0.326. The largest absolute Gasteiger partial charge is 0.480 e. The average molecular weight is 313 g/mol. The molecule has 1 aliphatic rings. The number of carboxylic acid groups (broad SMARTS) is 1. The van der Waals surface area contributed by atoms with E-state index < -0.39 is 12.0 Å². The Bertz CT molecular complexity index is 692. The van der Waals surface area contributed by atoms with E-state index in [1.165, 1.54) is 0 Å². The number of hydrogen-bond acceptors (Lipinski definition) is 5. The van der Waals surface area contributed by atoms with Crippen LogP contribution in [0.15, 0.2) is 40.9 Å². The van der Waals surface area contributed by atoms with E-state index in [0.717, 1.165) is 18.4 Å². The van der Waals surface area contributed by atoms with Crippen LogP contribution in [-0.4, -0.2) is 39.2 Å². The first-order valence-corrected chi connectivity index (χ1v) is 7.62. The molecule has 6 heteroatoms. The van der Waals surface area contributed by atoms with Gasteiger partial charge in [-0.05, 0) is 25.5 Å². The van der Waals surface area contributed by atoms with Crippen molar-refractivity contribution < 1.29 is 14.4 Å². The molecule has 1 heterocycles. The predicted octanol–water partition coefficient (Wildman–Crippen LogP) is 2.55.